The van der Waals surface area contributed by atoms with Gasteiger partial charge in [0.2, 0.25) is 0 Å². The Morgan fingerprint density at radius 2 is 1.96 bits per heavy atom. The van der Waals surface area contributed by atoms with Crippen LogP contribution in [0.4, 0.5) is 5.82 Å². The molecular formula is C19H21N5OS. The first-order valence-electron chi connectivity index (χ1n) is 8.46. The lowest BCUT2D eigenvalue weighted by Crippen LogP contribution is -2.24. The number of carbonyl (C=O) groups is 1. The fraction of sp³-hybridized carbons (Fsp3) is 0.263. The van der Waals surface area contributed by atoms with Gasteiger partial charge in [-0.15, -0.1) is 11.3 Å². The smallest absolute Gasteiger partial charge is 0.251 e. The SMILES string of the molecule is CNc1ccnc(-c2ccc(C(=O)NCCCc3scnc3C)cc2)n1. The zero-order chi connectivity index (χ0) is 18.4. The van der Waals surface area contributed by atoms with Gasteiger partial charge in [-0.2, -0.15) is 0 Å². The zero-order valence-corrected chi connectivity index (χ0v) is 15.6. The molecule has 0 atom stereocenters. The summed E-state index contributed by atoms with van der Waals surface area (Å²) in [5, 5.41) is 5.95. The first-order valence-corrected chi connectivity index (χ1v) is 9.33. The van der Waals surface area contributed by atoms with Gasteiger partial charge in [0.05, 0.1) is 11.2 Å². The number of rotatable bonds is 7. The predicted molar refractivity (Wildman–Crippen MR) is 105 cm³/mol. The molecule has 0 aliphatic heterocycles. The predicted octanol–water partition coefficient (Wildman–Crippen LogP) is 3.31. The van der Waals surface area contributed by atoms with Crippen molar-refractivity contribution in [3.05, 3.63) is 58.2 Å². The molecule has 7 heteroatoms. The summed E-state index contributed by atoms with van der Waals surface area (Å²) in [6.45, 7) is 2.66. The topological polar surface area (TPSA) is 79.8 Å². The first-order chi connectivity index (χ1) is 12.7. The Balaban J connectivity index is 1.54. The van der Waals surface area contributed by atoms with E-state index in [0.29, 0.717) is 17.9 Å². The second-order valence-corrected chi connectivity index (χ2v) is 6.75. The molecule has 0 unspecified atom stereocenters. The number of aromatic nitrogens is 3. The minimum absolute atomic E-state index is 0.0672. The van der Waals surface area contributed by atoms with Gasteiger partial charge in [0.15, 0.2) is 5.82 Å². The molecule has 3 rings (SSSR count). The molecule has 2 N–H and O–H groups in total. The lowest BCUT2D eigenvalue weighted by Gasteiger charge is -2.07. The fourth-order valence-corrected chi connectivity index (χ4v) is 3.35. The van der Waals surface area contributed by atoms with Gasteiger partial charge in [0.1, 0.15) is 5.82 Å². The number of thiazole rings is 1. The fourth-order valence-electron chi connectivity index (χ4n) is 2.53. The van der Waals surface area contributed by atoms with Gasteiger partial charge < -0.3 is 10.6 Å². The zero-order valence-electron chi connectivity index (χ0n) is 14.8. The Hall–Kier alpha value is -2.80. The number of anilines is 1. The third-order valence-electron chi connectivity index (χ3n) is 4.03. The van der Waals surface area contributed by atoms with Gasteiger partial charge >= 0.3 is 0 Å². The summed E-state index contributed by atoms with van der Waals surface area (Å²) in [5.74, 6) is 1.32. The largest absolute Gasteiger partial charge is 0.373 e. The van der Waals surface area contributed by atoms with Gasteiger partial charge in [-0.3, -0.25) is 4.79 Å². The number of amides is 1. The molecule has 0 radical (unpaired) electrons. The molecule has 26 heavy (non-hydrogen) atoms. The van der Waals surface area contributed by atoms with Crippen LogP contribution in [-0.4, -0.2) is 34.5 Å². The van der Waals surface area contributed by atoms with Crippen molar-refractivity contribution in [2.24, 2.45) is 0 Å². The van der Waals surface area contributed by atoms with Crippen LogP contribution in [0.3, 0.4) is 0 Å². The van der Waals surface area contributed by atoms with E-state index >= 15 is 0 Å². The monoisotopic (exact) mass is 367 g/mol. The van der Waals surface area contributed by atoms with E-state index in [-0.39, 0.29) is 5.91 Å². The van der Waals surface area contributed by atoms with E-state index in [0.717, 1.165) is 29.9 Å². The van der Waals surface area contributed by atoms with Gasteiger partial charge in [-0.05, 0) is 38.0 Å². The number of benzene rings is 1. The van der Waals surface area contributed by atoms with E-state index in [4.69, 9.17) is 0 Å². The summed E-state index contributed by atoms with van der Waals surface area (Å²) >= 11 is 1.67. The van der Waals surface area contributed by atoms with Crippen LogP contribution < -0.4 is 10.6 Å². The quantitative estimate of drug-likeness (QED) is 0.626. The van der Waals surface area contributed by atoms with Crippen LogP contribution in [0.25, 0.3) is 11.4 Å². The van der Waals surface area contributed by atoms with Gasteiger partial charge in [-0.25, -0.2) is 15.0 Å². The van der Waals surface area contributed by atoms with E-state index in [1.807, 2.05) is 31.6 Å². The van der Waals surface area contributed by atoms with Crippen molar-refractivity contribution >= 4 is 23.1 Å². The van der Waals surface area contributed by atoms with E-state index < -0.39 is 0 Å². The highest BCUT2D eigenvalue weighted by Crippen LogP contribution is 2.17. The molecular weight excluding hydrogens is 346 g/mol. The van der Waals surface area contributed by atoms with Crippen LogP contribution in [0, 0.1) is 6.92 Å². The summed E-state index contributed by atoms with van der Waals surface area (Å²) in [6.07, 6.45) is 3.55. The van der Waals surface area contributed by atoms with Crippen molar-refractivity contribution in [2.45, 2.75) is 19.8 Å². The number of hydrogen-bond acceptors (Lipinski definition) is 6. The van der Waals surface area contributed by atoms with E-state index in [1.54, 1.807) is 35.7 Å². The van der Waals surface area contributed by atoms with Gasteiger partial charge in [0.25, 0.3) is 5.91 Å². The van der Waals surface area contributed by atoms with Crippen LogP contribution in [-0.2, 0) is 6.42 Å². The number of nitrogens with one attached hydrogen (secondary N) is 2. The molecule has 0 aliphatic rings. The van der Waals surface area contributed by atoms with Crippen LogP contribution in [0.5, 0.6) is 0 Å². The summed E-state index contributed by atoms with van der Waals surface area (Å²) in [6, 6.07) is 9.13. The minimum atomic E-state index is -0.0672. The molecule has 0 saturated carbocycles. The summed E-state index contributed by atoms with van der Waals surface area (Å²) in [5.41, 5.74) is 4.45. The van der Waals surface area contributed by atoms with Crippen LogP contribution in [0.15, 0.2) is 42.0 Å². The Bertz CT molecular complexity index is 876. The average Bonchev–Trinajstić information content (AvgIpc) is 3.10. The molecule has 2 heterocycles. The number of aryl methyl sites for hydroxylation is 2. The van der Waals surface area contributed by atoms with E-state index in [1.165, 1.54) is 4.88 Å². The van der Waals surface area contributed by atoms with Gasteiger partial charge in [-0.1, -0.05) is 12.1 Å². The molecule has 2 aromatic heterocycles. The maximum absolute atomic E-state index is 12.3. The molecule has 1 amide bonds. The Morgan fingerprint density at radius 1 is 1.15 bits per heavy atom. The molecule has 0 bridgehead atoms. The van der Waals surface area contributed by atoms with Crippen molar-refractivity contribution in [3.8, 4) is 11.4 Å². The van der Waals surface area contributed by atoms with Crippen LogP contribution >= 0.6 is 11.3 Å². The molecule has 134 valence electrons. The average molecular weight is 367 g/mol. The minimum Gasteiger partial charge on any atom is -0.373 e. The number of carbonyl (C=O) groups excluding carboxylic acids is 1. The maximum Gasteiger partial charge on any atom is 0.251 e. The van der Waals surface area contributed by atoms with E-state index in [2.05, 4.69) is 25.6 Å². The lowest BCUT2D eigenvalue weighted by atomic mass is 10.1. The molecule has 1 aromatic carbocycles. The number of hydrogen-bond donors (Lipinski definition) is 2. The Kier molecular flexibility index (Phi) is 5.91. The second kappa shape index (κ2) is 8.53. The highest BCUT2D eigenvalue weighted by molar-refractivity contribution is 7.09. The maximum atomic E-state index is 12.3. The normalized spacial score (nSPS) is 10.5. The molecule has 0 saturated heterocycles. The molecule has 3 aromatic rings. The molecule has 0 aliphatic carbocycles. The third kappa shape index (κ3) is 4.43. The lowest BCUT2D eigenvalue weighted by molar-refractivity contribution is 0.0953. The highest BCUT2D eigenvalue weighted by atomic mass is 32.1. The van der Waals surface area contributed by atoms with Gasteiger partial charge in [0, 0.05) is 35.8 Å². The van der Waals surface area contributed by atoms with E-state index in [9.17, 15) is 4.79 Å². The highest BCUT2D eigenvalue weighted by Gasteiger charge is 2.08. The summed E-state index contributed by atoms with van der Waals surface area (Å²) < 4.78 is 0. The summed E-state index contributed by atoms with van der Waals surface area (Å²) in [7, 11) is 1.82. The standard InChI is InChI=1S/C19H21N5OS/c1-13-16(26-12-23-13)4-3-10-22-19(25)15-7-5-14(6-8-15)18-21-11-9-17(20-2)24-18/h5-9,11-12H,3-4,10H2,1-2H3,(H,22,25)(H,20,21,24). The van der Waals surface area contributed by atoms with Crippen molar-refractivity contribution in [1.82, 2.24) is 20.3 Å². The van der Waals surface area contributed by atoms with Crippen molar-refractivity contribution < 1.29 is 4.79 Å². The summed E-state index contributed by atoms with van der Waals surface area (Å²) in [4.78, 5) is 26.5. The van der Waals surface area contributed by atoms with Crippen molar-refractivity contribution in [1.29, 1.82) is 0 Å². The Labute approximate surface area is 156 Å². The molecule has 0 spiro atoms. The van der Waals surface area contributed by atoms with Crippen molar-refractivity contribution in [2.75, 3.05) is 18.9 Å². The Morgan fingerprint density at radius 3 is 2.65 bits per heavy atom. The second-order valence-electron chi connectivity index (χ2n) is 5.81. The molecule has 6 nitrogen and oxygen atoms in total. The first kappa shape index (κ1) is 18.0. The van der Waals surface area contributed by atoms with Crippen LogP contribution in [0.2, 0.25) is 0 Å². The van der Waals surface area contributed by atoms with Crippen molar-refractivity contribution in [3.63, 3.8) is 0 Å². The number of nitrogens with zero attached hydrogens (tertiary/aromatic N) is 3. The molecule has 0 fully saturated rings. The van der Waals surface area contributed by atoms with Crippen LogP contribution in [0.1, 0.15) is 27.3 Å². The third-order valence-corrected chi connectivity index (χ3v) is 5.02.